The Morgan fingerprint density at radius 1 is 1.18 bits per heavy atom. The zero-order valence-corrected chi connectivity index (χ0v) is 11.2. The van der Waals surface area contributed by atoms with E-state index < -0.39 is 0 Å². The fourth-order valence-corrected chi connectivity index (χ4v) is 3.02. The number of hydrogen-bond acceptors (Lipinski definition) is 2. The average molecular weight is 245 g/mol. The molecule has 2 heteroatoms. The highest BCUT2D eigenvalue weighted by atomic mass is 32.1. The van der Waals surface area contributed by atoms with Gasteiger partial charge in [0.2, 0.25) is 0 Å². The molecule has 0 bridgehead atoms. The average Bonchev–Trinajstić information content (AvgIpc) is 2.84. The largest absolute Gasteiger partial charge is 0.313 e. The molecule has 1 aromatic carbocycles. The number of nitrogens with one attached hydrogen (secondary N) is 1. The van der Waals surface area contributed by atoms with Crippen molar-refractivity contribution < 1.29 is 0 Å². The molecule has 17 heavy (non-hydrogen) atoms. The lowest BCUT2D eigenvalue weighted by molar-refractivity contribution is 0.409. The number of hydrogen-bond donors (Lipinski definition) is 1. The van der Waals surface area contributed by atoms with Gasteiger partial charge in [0.25, 0.3) is 0 Å². The van der Waals surface area contributed by atoms with Gasteiger partial charge in [0.05, 0.1) is 0 Å². The highest BCUT2D eigenvalue weighted by Gasteiger charge is 2.17. The molecule has 1 aromatic heterocycles. The van der Waals surface area contributed by atoms with E-state index in [2.05, 4.69) is 59.4 Å². The van der Waals surface area contributed by atoms with E-state index in [9.17, 15) is 0 Å². The van der Waals surface area contributed by atoms with Gasteiger partial charge in [0.1, 0.15) is 0 Å². The van der Waals surface area contributed by atoms with Gasteiger partial charge < -0.3 is 5.32 Å². The van der Waals surface area contributed by atoms with Crippen LogP contribution in [0.1, 0.15) is 24.1 Å². The number of benzene rings is 1. The van der Waals surface area contributed by atoms with Gasteiger partial charge in [-0.2, -0.15) is 11.3 Å². The van der Waals surface area contributed by atoms with Gasteiger partial charge in [0, 0.05) is 6.04 Å². The van der Waals surface area contributed by atoms with Gasteiger partial charge in [-0.05, 0) is 47.3 Å². The van der Waals surface area contributed by atoms with Crippen LogP contribution >= 0.6 is 11.3 Å². The van der Waals surface area contributed by atoms with Crippen molar-refractivity contribution in [2.24, 2.45) is 5.92 Å². The van der Waals surface area contributed by atoms with E-state index in [1.54, 1.807) is 11.3 Å². The first-order chi connectivity index (χ1) is 8.31. The summed E-state index contributed by atoms with van der Waals surface area (Å²) in [5.41, 5.74) is 2.82. The van der Waals surface area contributed by atoms with Gasteiger partial charge in [-0.25, -0.2) is 0 Å². The summed E-state index contributed by atoms with van der Waals surface area (Å²) in [5, 5.41) is 7.83. The van der Waals surface area contributed by atoms with E-state index in [4.69, 9.17) is 0 Å². The van der Waals surface area contributed by atoms with Crippen molar-refractivity contribution in [3.05, 3.63) is 58.3 Å². The van der Waals surface area contributed by atoms with Gasteiger partial charge in [-0.15, -0.1) is 0 Å². The Kier molecular flexibility index (Phi) is 4.35. The topological polar surface area (TPSA) is 12.0 Å². The first kappa shape index (κ1) is 12.3. The Morgan fingerprint density at radius 2 is 1.94 bits per heavy atom. The van der Waals surface area contributed by atoms with Crippen molar-refractivity contribution in [3.63, 3.8) is 0 Å². The molecule has 0 saturated carbocycles. The summed E-state index contributed by atoms with van der Waals surface area (Å²) < 4.78 is 0. The predicted octanol–water partition coefficient (Wildman–Crippen LogP) is 3.89. The minimum Gasteiger partial charge on any atom is -0.313 e. The quantitative estimate of drug-likeness (QED) is 0.842. The minimum absolute atomic E-state index is 0.427. The fraction of sp³-hybridized carbons (Fsp3) is 0.333. The summed E-state index contributed by atoms with van der Waals surface area (Å²) in [5.74, 6) is 0.594. The Balaban J connectivity index is 2.08. The number of rotatable bonds is 5. The fourth-order valence-electron chi connectivity index (χ4n) is 2.34. The molecular weight excluding hydrogens is 226 g/mol. The van der Waals surface area contributed by atoms with Crippen LogP contribution in [0.25, 0.3) is 0 Å². The Labute approximate surface area is 108 Å². The van der Waals surface area contributed by atoms with E-state index in [-0.39, 0.29) is 0 Å². The highest BCUT2D eigenvalue weighted by molar-refractivity contribution is 7.07. The Hall–Kier alpha value is -1.12. The summed E-state index contributed by atoms with van der Waals surface area (Å²) in [6.45, 7) is 2.31. The number of thiophene rings is 1. The van der Waals surface area contributed by atoms with Crippen LogP contribution in [0.4, 0.5) is 0 Å². The van der Waals surface area contributed by atoms with Crippen LogP contribution in [-0.2, 0) is 6.42 Å². The molecule has 0 spiro atoms. The lowest BCUT2D eigenvalue weighted by Crippen LogP contribution is -2.24. The van der Waals surface area contributed by atoms with Gasteiger partial charge >= 0.3 is 0 Å². The van der Waals surface area contributed by atoms with Crippen molar-refractivity contribution in [1.29, 1.82) is 0 Å². The van der Waals surface area contributed by atoms with Crippen molar-refractivity contribution in [2.45, 2.75) is 19.4 Å². The molecule has 2 aromatic rings. The second-order valence-corrected chi connectivity index (χ2v) is 5.27. The predicted molar refractivity (Wildman–Crippen MR) is 75.4 cm³/mol. The maximum absolute atomic E-state index is 3.43. The highest BCUT2D eigenvalue weighted by Crippen LogP contribution is 2.25. The minimum atomic E-state index is 0.427. The standard InChI is InChI=1S/C15H19NS/c1-12(10-13-8-9-17-11-13)15(16-2)14-6-4-3-5-7-14/h3-9,11-12,15-16H,10H2,1-2H3. The molecule has 0 amide bonds. The van der Waals surface area contributed by atoms with Gasteiger partial charge in [0.15, 0.2) is 0 Å². The van der Waals surface area contributed by atoms with Crippen LogP contribution in [0.2, 0.25) is 0 Å². The van der Waals surface area contributed by atoms with E-state index in [0.717, 1.165) is 6.42 Å². The van der Waals surface area contributed by atoms with Gasteiger partial charge in [-0.1, -0.05) is 37.3 Å². The summed E-state index contributed by atoms with van der Waals surface area (Å²) in [4.78, 5) is 0. The lowest BCUT2D eigenvalue weighted by Gasteiger charge is -2.23. The zero-order valence-electron chi connectivity index (χ0n) is 10.4. The second kappa shape index (κ2) is 5.99. The summed E-state index contributed by atoms with van der Waals surface area (Å²) in [7, 11) is 2.04. The Morgan fingerprint density at radius 3 is 2.53 bits per heavy atom. The normalized spacial score (nSPS) is 14.5. The molecule has 2 atom stereocenters. The molecule has 0 aliphatic rings. The molecule has 2 rings (SSSR count). The first-order valence-electron chi connectivity index (χ1n) is 6.04. The molecule has 0 aliphatic carbocycles. The summed E-state index contributed by atoms with van der Waals surface area (Å²) in [6.07, 6.45) is 1.13. The van der Waals surface area contributed by atoms with Crippen molar-refractivity contribution >= 4 is 11.3 Å². The molecular formula is C15H19NS. The lowest BCUT2D eigenvalue weighted by atomic mass is 9.90. The smallest absolute Gasteiger partial charge is 0.0346 e. The van der Waals surface area contributed by atoms with Gasteiger partial charge in [-0.3, -0.25) is 0 Å². The third-order valence-electron chi connectivity index (χ3n) is 3.18. The summed E-state index contributed by atoms with van der Waals surface area (Å²) >= 11 is 1.78. The zero-order chi connectivity index (χ0) is 12.1. The molecule has 0 radical (unpaired) electrons. The van der Waals surface area contributed by atoms with Crippen molar-refractivity contribution in [1.82, 2.24) is 5.32 Å². The van der Waals surface area contributed by atoms with Crippen LogP contribution in [0.15, 0.2) is 47.2 Å². The maximum Gasteiger partial charge on any atom is 0.0346 e. The first-order valence-corrected chi connectivity index (χ1v) is 6.99. The van der Waals surface area contributed by atoms with Crippen LogP contribution in [0, 0.1) is 5.92 Å². The second-order valence-electron chi connectivity index (χ2n) is 4.49. The summed E-state index contributed by atoms with van der Waals surface area (Å²) in [6, 6.07) is 13.3. The molecule has 1 nitrogen and oxygen atoms in total. The molecule has 0 aliphatic heterocycles. The van der Waals surface area contributed by atoms with Crippen molar-refractivity contribution in [2.75, 3.05) is 7.05 Å². The monoisotopic (exact) mass is 245 g/mol. The van der Waals surface area contributed by atoms with Crippen LogP contribution in [0.3, 0.4) is 0 Å². The molecule has 90 valence electrons. The van der Waals surface area contributed by atoms with E-state index in [0.29, 0.717) is 12.0 Å². The maximum atomic E-state index is 3.43. The van der Waals surface area contributed by atoms with E-state index >= 15 is 0 Å². The molecule has 0 fully saturated rings. The van der Waals surface area contributed by atoms with E-state index in [1.807, 2.05) is 7.05 Å². The molecule has 2 unspecified atom stereocenters. The van der Waals surface area contributed by atoms with Crippen LogP contribution in [-0.4, -0.2) is 7.05 Å². The SMILES string of the molecule is CNC(c1ccccc1)C(C)Cc1ccsc1. The van der Waals surface area contributed by atoms with Crippen molar-refractivity contribution in [3.8, 4) is 0 Å². The third-order valence-corrected chi connectivity index (χ3v) is 3.91. The van der Waals surface area contributed by atoms with E-state index in [1.165, 1.54) is 11.1 Å². The Bertz CT molecular complexity index is 421. The molecule has 1 heterocycles. The molecule has 0 saturated heterocycles. The molecule has 1 N–H and O–H groups in total. The third kappa shape index (κ3) is 3.18. The van der Waals surface area contributed by atoms with Crippen LogP contribution < -0.4 is 5.32 Å². The van der Waals surface area contributed by atoms with Crippen LogP contribution in [0.5, 0.6) is 0 Å².